The van der Waals surface area contributed by atoms with Crippen LogP contribution in [-0.4, -0.2) is 0 Å². The fourth-order valence-electron chi connectivity index (χ4n) is 2.17. The summed E-state index contributed by atoms with van der Waals surface area (Å²) in [4.78, 5) is 0. The summed E-state index contributed by atoms with van der Waals surface area (Å²) in [6.45, 7) is 19.0. The van der Waals surface area contributed by atoms with Crippen molar-refractivity contribution in [2.75, 3.05) is 0 Å². The molecule has 0 aromatic carbocycles. The SMILES string of the molecule is CC(C)C(C)C(C)C(C)C(C)C(C)C. The van der Waals surface area contributed by atoms with Crippen LogP contribution < -0.4 is 0 Å². The lowest BCUT2D eigenvalue weighted by Crippen LogP contribution is -2.27. The lowest BCUT2D eigenvalue weighted by molar-refractivity contribution is 0.150. The summed E-state index contributed by atoms with van der Waals surface area (Å²) in [7, 11) is 0. The van der Waals surface area contributed by atoms with Gasteiger partial charge in [0.05, 0.1) is 0 Å². The molecule has 0 rings (SSSR count). The van der Waals surface area contributed by atoms with Gasteiger partial charge in [-0.05, 0) is 35.5 Å². The quantitative estimate of drug-likeness (QED) is 0.593. The molecule has 0 nitrogen and oxygen atoms in total. The highest BCUT2D eigenvalue weighted by Crippen LogP contribution is 2.33. The third kappa shape index (κ3) is 3.63. The van der Waals surface area contributed by atoms with Crippen LogP contribution in [0.15, 0.2) is 0 Å². The van der Waals surface area contributed by atoms with E-state index in [2.05, 4.69) is 55.4 Å². The second-order valence-corrected chi connectivity index (χ2v) is 5.92. The summed E-state index contributed by atoms with van der Waals surface area (Å²) in [5.74, 6) is 4.98. The van der Waals surface area contributed by atoms with E-state index in [9.17, 15) is 0 Å². The van der Waals surface area contributed by atoms with Crippen molar-refractivity contribution in [2.24, 2.45) is 35.5 Å². The Balaban J connectivity index is 4.30. The molecule has 0 amide bonds. The molecule has 86 valence electrons. The van der Waals surface area contributed by atoms with E-state index in [1.54, 1.807) is 0 Å². The third-order valence-electron chi connectivity index (χ3n) is 4.59. The molecule has 0 aliphatic heterocycles. The third-order valence-corrected chi connectivity index (χ3v) is 4.59. The Kier molecular flexibility index (Phi) is 5.78. The van der Waals surface area contributed by atoms with Crippen LogP contribution in [0, 0.1) is 35.5 Å². The Labute approximate surface area is 91.5 Å². The second kappa shape index (κ2) is 5.78. The van der Waals surface area contributed by atoms with Gasteiger partial charge in [-0.3, -0.25) is 0 Å². The van der Waals surface area contributed by atoms with E-state index in [4.69, 9.17) is 0 Å². The van der Waals surface area contributed by atoms with Crippen LogP contribution in [0.2, 0.25) is 0 Å². The minimum absolute atomic E-state index is 0.812. The first kappa shape index (κ1) is 14.0. The van der Waals surface area contributed by atoms with E-state index >= 15 is 0 Å². The molecule has 0 spiro atoms. The smallest absolute Gasteiger partial charge is 0.0386 e. The van der Waals surface area contributed by atoms with Crippen LogP contribution in [0.3, 0.4) is 0 Å². The summed E-state index contributed by atoms with van der Waals surface area (Å²) in [5, 5.41) is 0. The van der Waals surface area contributed by atoms with Gasteiger partial charge in [0.25, 0.3) is 0 Å². The van der Waals surface area contributed by atoms with Crippen LogP contribution in [0.1, 0.15) is 55.4 Å². The van der Waals surface area contributed by atoms with E-state index in [1.807, 2.05) is 0 Å². The molecule has 0 aliphatic rings. The average Bonchev–Trinajstić information content (AvgIpc) is 2.12. The standard InChI is InChI=1S/C14H30/c1-9(2)11(5)13(7)14(8)12(6)10(3)4/h9-14H,1-8H3. The monoisotopic (exact) mass is 198 g/mol. The van der Waals surface area contributed by atoms with Gasteiger partial charge >= 0.3 is 0 Å². The second-order valence-electron chi connectivity index (χ2n) is 5.92. The topological polar surface area (TPSA) is 0 Å². The Morgan fingerprint density at radius 2 is 0.571 bits per heavy atom. The molecule has 0 aromatic rings. The Hall–Kier alpha value is 0. The van der Waals surface area contributed by atoms with E-state index < -0.39 is 0 Å². The lowest BCUT2D eigenvalue weighted by atomic mass is 9.72. The Bertz CT molecular complexity index is 128. The molecule has 0 saturated heterocycles. The molecule has 0 heterocycles. The molecule has 4 unspecified atom stereocenters. The van der Waals surface area contributed by atoms with E-state index in [-0.39, 0.29) is 0 Å². The molecule has 0 heteroatoms. The van der Waals surface area contributed by atoms with Crippen molar-refractivity contribution in [3.8, 4) is 0 Å². The van der Waals surface area contributed by atoms with Crippen LogP contribution in [0.5, 0.6) is 0 Å². The van der Waals surface area contributed by atoms with Crippen molar-refractivity contribution in [3.05, 3.63) is 0 Å². The molecule has 4 atom stereocenters. The zero-order valence-corrected chi connectivity index (χ0v) is 11.5. The predicted octanol–water partition coefficient (Wildman–Crippen LogP) is 4.84. The maximum absolute atomic E-state index is 2.42. The van der Waals surface area contributed by atoms with Crippen LogP contribution in [0.25, 0.3) is 0 Å². The van der Waals surface area contributed by atoms with Gasteiger partial charge in [-0.2, -0.15) is 0 Å². The number of rotatable bonds is 5. The summed E-state index contributed by atoms with van der Waals surface area (Å²) in [6, 6.07) is 0. The molecule has 0 saturated carbocycles. The van der Waals surface area contributed by atoms with Gasteiger partial charge in [0.2, 0.25) is 0 Å². The molecule has 14 heavy (non-hydrogen) atoms. The summed E-state index contributed by atoms with van der Waals surface area (Å²) in [5.41, 5.74) is 0. The largest absolute Gasteiger partial charge is 0.0625 e. The van der Waals surface area contributed by atoms with E-state index in [0.717, 1.165) is 35.5 Å². The maximum Gasteiger partial charge on any atom is -0.0386 e. The highest BCUT2D eigenvalue weighted by molar-refractivity contribution is 4.75. The van der Waals surface area contributed by atoms with Gasteiger partial charge in [0, 0.05) is 0 Å². The Morgan fingerprint density at radius 3 is 0.714 bits per heavy atom. The van der Waals surface area contributed by atoms with Crippen molar-refractivity contribution in [1.29, 1.82) is 0 Å². The average molecular weight is 198 g/mol. The molecule has 0 aliphatic carbocycles. The molecule has 0 fully saturated rings. The van der Waals surface area contributed by atoms with Crippen molar-refractivity contribution in [2.45, 2.75) is 55.4 Å². The van der Waals surface area contributed by atoms with E-state index in [0.29, 0.717) is 0 Å². The van der Waals surface area contributed by atoms with Crippen molar-refractivity contribution < 1.29 is 0 Å². The molecule has 0 N–H and O–H groups in total. The first-order chi connectivity index (χ1) is 6.29. The summed E-state index contributed by atoms with van der Waals surface area (Å²) in [6.07, 6.45) is 0. The highest BCUT2D eigenvalue weighted by Gasteiger charge is 2.26. The summed E-state index contributed by atoms with van der Waals surface area (Å²) < 4.78 is 0. The zero-order chi connectivity index (χ0) is 11.5. The van der Waals surface area contributed by atoms with Gasteiger partial charge in [0.1, 0.15) is 0 Å². The van der Waals surface area contributed by atoms with Crippen LogP contribution >= 0.6 is 0 Å². The highest BCUT2D eigenvalue weighted by atomic mass is 14.3. The molecule has 0 bridgehead atoms. The fourth-order valence-corrected chi connectivity index (χ4v) is 2.17. The molecular weight excluding hydrogens is 168 g/mol. The van der Waals surface area contributed by atoms with Crippen molar-refractivity contribution >= 4 is 0 Å². The number of hydrogen-bond acceptors (Lipinski definition) is 0. The first-order valence-electron chi connectivity index (χ1n) is 6.29. The van der Waals surface area contributed by atoms with Gasteiger partial charge in [-0.15, -0.1) is 0 Å². The Morgan fingerprint density at radius 1 is 0.357 bits per heavy atom. The summed E-state index contributed by atoms with van der Waals surface area (Å²) >= 11 is 0. The fraction of sp³-hybridized carbons (Fsp3) is 1.00. The number of hydrogen-bond donors (Lipinski definition) is 0. The predicted molar refractivity (Wildman–Crippen MR) is 66.3 cm³/mol. The van der Waals surface area contributed by atoms with Gasteiger partial charge in [-0.25, -0.2) is 0 Å². The minimum atomic E-state index is 0.812. The maximum atomic E-state index is 2.42. The molecule has 0 radical (unpaired) electrons. The van der Waals surface area contributed by atoms with Gasteiger partial charge in [-0.1, -0.05) is 55.4 Å². The van der Waals surface area contributed by atoms with Crippen molar-refractivity contribution in [1.82, 2.24) is 0 Å². The molecular formula is C14H30. The van der Waals surface area contributed by atoms with Gasteiger partial charge < -0.3 is 0 Å². The normalized spacial score (nSPS) is 21.0. The lowest BCUT2D eigenvalue weighted by Gasteiger charge is -2.34. The van der Waals surface area contributed by atoms with E-state index in [1.165, 1.54) is 0 Å². The zero-order valence-electron chi connectivity index (χ0n) is 11.5. The van der Waals surface area contributed by atoms with Gasteiger partial charge in [0.15, 0.2) is 0 Å². The minimum Gasteiger partial charge on any atom is -0.0625 e. The van der Waals surface area contributed by atoms with Crippen LogP contribution in [0.4, 0.5) is 0 Å². The first-order valence-corrected chi connectivity index (χ1v) is 6.29. The van der Waals surface area contributed by atoms with Crippen molar-refractivity contribution in [3.63, 3.8) is 0 Å². The van der Waals surface area contributed by atoms with Crippen LogP contribution in [-0.2, 0) is 0 Å². The molecule has 0 aromatic heterocycles.